The first-order chi connectivity index (χ1) is 52.6. The van der Waals surface area contributed by atoms with Crippen molar-refractivity contribution in [2.75, 3.05) is 60.2 Å². The van der Waals surface area contributed by atoms with E-state index in [1.165, 1.54) is 149 Å². The molecule has 12 rings (SSSR count). The molecule has 0 radical (unpaired) electrons. The number of hydrogen-bond donors (Lipinski definition) is 1. The van der Waals surface area contributed by atoms with Crippen LogP contribution in [-0.2, 0) is 19.1 Å². The topological polar surface area (TPSA) is 319 Å². The van der Waals surface area contributed by atoms with Gasteiger partial charge in [0, 0.05) is 187 Å². The van der Waals surface area contributed by atoms with E-state index in [-0.39, 0.29) is 77.1 Å². The lowest BCUT2D eigenvalue weighted by atomic mass is 9.82. The van der Waals surface area contributed by atoms with Crippen LogP contribution in [-0.4, -0.2) is 173 Å². The number of methoxy groups -OCH3 is 2. The number of aromatic nitrogens is 8. The second-order valence-corrected chi connectivity index (χ2v) is 37.3. The normalized spacial score (nSPS) is 13.5. The molecular weight excluding hydrogens is 1590 g/mol. The van der Waals surface area contributed by atoms with Gasteiger partial charge in [0.05, 0.1) is 0 Å². The third-order valence-electron chi connectivity index (χ3n) is 17.0. The fourth-order valence-electron chi connectivity index (χ4n) is 11.1. The zero-order valence-electron chi connectivity index (χ0n) is 66.1. The Labute approximate surface area is 691 Å². The lowest BCUT2D eigenvalue weighted by Gasteiger charge is -2.26. The maximum absolute atomic E-state index is 11.9. The average molecular weight is 1700 g/mol. The Balaban J connectivity index is 0.000000270. The van der Waals surface area contributed by atoms with E-state index in [1.54, 1.807) is 56.7 Å². The number of aryl methyl sites for hydroxylation is 8. The number of piperidine rings is 1. The van der Waals surface area contributed by atoms with Crippen LogP contribution in [0.1, 0.15) is 279 Å². The summed E-state index contributed by atoms with van der Waals surface area (Å²) in [5, 5.41) is 13.2. The van der Waals surface area contributed by atoms with Gasteiger partial charge in [0.2, 0.25) is 23.4 Å². The first-order valence-electron chi connectivity index (χ1n) is 37.4. The minimum Gasteiger partial charge on any atom is -0.388 e. The number of likely N-dealkylation sites (tertiary alicyclic amines) is 2. The predicted molar refractivity (Wildman–Crippen MR) is 449 cm³/mol. The Hall–Kier alpha value is -6.49. The van der Waals surface area contributed by atoms with Crippen LogP contribution in [0.2, 0.25) is 0 Å². The molecule has 2 amide bonds. The van der Waals surface area contributed by atoms with E-state index in [1.807, 2.05) is 79.0 Å². The molecule has 111 heavy (non-hydrogen) atoms. The highest BCUT2D eigenvalue weighted by Gasteiger charge is 2.25. The van der Waals surface area contributed by atoms with Crippen molar-refractivity contribution in [2.24, 2.45) is 17.8 Å². The summed E-state index contributed by atoms with van der Waals surface area (Å²) in [5.74, 6) is 2.62. The average Bonchev–Trinajstić information content (AvgIpc) is 1.61. The summed E-state index contributed by atoms with van der Waals surface area (Å²) in [4.78, 5) is 160. The second kappa shape index (κ2) is 53.6. The van der Waals surface area contributed by atoms with Gasteiger partial charge in [-0.2, -0.15) is 0 Å². The molecule has 4 fully saturated rings. The molecule has 2 saturated carbocycles. The first-order valence-corrected chi connectivity index (χ1v) is 44.0. The minimum absolute atomic E-state index is 0. The molecule has 2 aliphatic carbocycles. The number of thiazole rings is 8. The van der Waals surface area contributed by atoms with Gasteiger partial charge in [-0.3, -0.25) is 47.9 Å². The van der Waals surface area contributed by atoms with Crippen LogP contribution < -0.4 is 0 Å². The maximum atomic E-state index is 11.9. The summed E-state index contributed by atoms with van der Waals surface area (Å²) < 4.78 is 9.55. The lowest BCUT2D eigenvalue weighted by molar-refractivity contribution is -0.132. The van der Waals surface area contributed by atoms with Crippen molar-refractivity contribution in [1.29, 1.82) is 0 Å². The number of carbonyl (C=O) groups is 10. The quantitative estimate of drug-likeness (QED) is 0.0336. The Morgan fingerprint density at radius 1 is 0.369 bits per heavy atom. The smallest absolute Gasteiger partial charge is 0.222 e. The zero-order valence-corrected chi connectivity index (χ0v) is 73.4. The van der Waals surface area contributed by atoms with Gasteiger partial charge in [0.15, 0.2) is 74.8 Å². The lowest BCUT2D eigenvalue weighted by Crippen LogP contribution is -2.35. The predicted octanol–water partition coefficient (Wildman–Crippen LogP) is 18.4. The number of ether oxygens (including phenoxy) is 2. The molecule has 8 aromatic rings. The van der Waals surface area contributed by atoms with Crippen LogP contribution in [0.5, 0.6) is 0 Å². The van der Waals surface area contributed by atoms with Crippen molar-refractivity contribution in [3.05, 3.63) is 129 Å². The monoisotopic (exact) mass is 1700 g/mol. The Bertz CT molecular complexity index is 4150. The van der Waals surface area contributed by atoms with E-state index in [4.69, 9.17) is 9.84 Å². The molecule has 8 aromatic heterocycles. The summed E-state index contributed by atoms with van der Waals surface area (Å²) >= 11 is 11.5. The third-order valence-corrected chi connectivity index (χ3v) is 24.7. The Kier molecular flexibility index (Phi) is 46.7. The van der Waals surface area contributed by atoms with Crippen molar-refractivity contribution in [3.63, 3.8) is 0 Å². The highest BCUT2D eigenvalue weighted by Crippen LogP contribution is 2.32. The highest BCUT2D eigenvalue weighted by molar-refractivity contribution is 7.15. The van der Waals surface area contributed by atoms with Gasteiger partial charge >= 0.3 is 0 Å². The van der Waals surface area contributed by atoms with Crippen molar-refractivity contribution < 1.29 is 62.5 Å². The number of aliphatic hydroxyl groups excluding tert-OH is 1. The molecular formula is C79H109ClN10O13S8. The number of carbonyl (C=O) groups excluding carboxylic acids is 10. The Morgan fingerprint density at radius 3 is 0.919 bits per heavy atom. The molecule has 10 heterocycles. The molecule has 0 atom stereocenters. The maximum Gasteiger partial charge on any atom is 0.222 e. The van der Waals surface area contributed by atoms with Crippen LogP contribution in [0.15, 0.2) is 49.6 Å². The van der Waals surface area contributed by atoms with Crippen LogP contribution in [0, 0.1) is 73.1 Å². The number of ketones is 8. The van der Waals surface area contributed by atoms with Gasteiger partial charge in [-0.15, -0.1) is 103 Å². The fraction of sp³-hybridized carbons (Fsp3) is 0.570. The van der Waals surface area contributed by atoms with Crippen LogP contribution in [0.4, 0.5) is 0 Å². The summed E-state index contributed by atoms with van der Waals surface area (Å²) in [6.45, 7) is 23.5. The number of halogens is 1. The molecule has 0 unspecified atom stereocenters. The third kappa shape index (κ3) is 38.0. The van der Waals surface area contributed by atoms with E-state index in [0.29, 0.717) is 129 Å². The van der Waals surface area contributed by atoms with Gasteiger partial charge in [-0.25, -0.2) is 39.9 Å². The standard InChI is InChI=1S/C14H20N2O2S.C13H18N2O2S.C11H15NOS.C10H13NOS.C9H13NO2S.C9H13NOS.C7H9NO2S.C6H7NO2S.ClH/c1-11-10-15-14(19-11)12(17)6-5-7-13(18)16-8-3-2-4-9-16;1-10-9-14-13(18-10)11(16)5-4-6-12(17)15-7-2-3-8-15;1-8-7-12-11(14-8)10(13)6-9-4-2-3-5-9;1-7-6-11-10(13-7)9(12)5-8-3-2-4-8;1-7-6-10-9(13-7)8(11)4-3-5-12-2;1-6(2)4-8(11)9-10-5-7(3)12-9;1-5-3-8-7(11-5)6(9)4-10-2;1-4-2-7-6(10-4)5(9)3-8;/h10H,2-9H2,1H3;9H,2-8H2,1H3;7,9H,2-6H2,1H3;6,8H,2-5H2,1H3;6H,3-5H2,1-2H3;5-6H,4H2,1-3H3;3H,4H2,1-2H3;2,8H,3H2,1H3;1H. The van der Waals surface area contributed by atoms with Gasteiger partial charge < -0.3 is 24.4 Å². The number of aliphatic hydroxyl groups is 1. The molecule has 0 bridgehead atoms. The van der Waals surface area contributed by atoms with E-state index >= 15 is 0 Å². The van der Waals surface area contributed by atoms with E-state index < -0.39 is 6.61 Å². The number of hydrogen-bond acceptors (Lipinski definition) is 29. The number of nitrogens with zero attached hydrogens (tertiary/aromatic N) is 10. The van der Waals surface area contributed by atoms with Crippen LogP contribution in [0.25, 0.3) is 0 Å². The number of Topliss-reactive ketones (excluding diaryl/α,β-unsaturated/α-hetero) is 8. The number of amides is 2. The molecule has 4 aliphatic rings. The minimum atomic E-state index is -0.451. The summed E-state index contributed by atoms with van der Waals surface area (Å²) in [6.07, 6.45) is 34.7. The molecule has 23 nitrogen and oxygen atoms in total. The largest absolute Gasteiger partial charge is 0.388 e. The first kappa shape index (κ1) is 96.9. The van der Waals surface area contributed by atoms with Gasteiger partial charge in [0.25, 0.3) is 0 Å². The van der Waals surface area contributed by atoms with Gasteiger partial charge in [-0.05, 0) is 137 Å². The molecule has 2 aliphatic heterocycles. The summed E-state index contributed by atoms with van der Waals surface area (Å²) in [5.41, 5.74) is 0. The van der Waals surface area contributed by atoms with Crippen molar-refractivity contribution in [2.45, 2.75) is 217 Å². The molecule has 32 heteroatoms. The van der Waals surface area contributed by atoms with Crippen molar-refractivity contribution in [3.8, 4) is 0 Å². The van der Waals surface area contributed by atoms with E-state index in [9.17, 15) is 47.9 Å². The van der Waals surface area contributed by atoms with Gasteiger partial charge in [-0.1, -0.05) is 46.0 Å². The summed E-state index contributed by atoms with van der Waals surface area (Å²) in [7, 11) is 3.14. The van der Waals surface area contributed by atoms with Gasteiger partial charge in [0.1, 0.15) is 13.2 Å². The van der Waals surface area contributed by atoms with Crippen molar-refractivity contribution >= 4 is 161 Å². The molecule has 2 saturated heterocycles. The van der Waals surface area contributed by atoms with Crippen LogP contribution >= 0.6 is 103 Å². The molecule has 1 N–H and O–H groups in total. The van der Waals surface area contributed by atoms with E-state index in [2.05, 4.69) is 44.6 Å². The van der Waals surface area contributed by atoms with Crippen molar-refractivity contribution in [1.82, 2.24) is 49.7 Å². The zero-order chi connectivity index (χ0) is 80.5. The Morgan fingerprint density at radius 2 is 0.649 bits per heavy atom. The SMILES string of the molecule is COCC(=O)c1ncc(C)s1.COCCCC(=O)c1ncc(C)s1.Cc1cnc(C(=O)CC(C)C)s1.Cc1cnc(C(=O)CC2CCC2)s1.Cc1cnc(C(=O)CC2CCCC2)s1.Cc1cnc(C(=O)CCCC(=O)N2CCCC2)s1.Cc1cnc(C(=O)CCCC(=O)N2CCCCC2)s1.Cc1cnc(C(=O)CO)s1.Cl. The van der Waals surface area contributed by atoms with Crippen LogP contribution in [0.3, 0.4) is 0 Å². The molecule has 0 spiro atoms. The molecule has 608 valence electrons. The number of rotatable bonds is 29. The molecule has 0 aromatic carbocycles. The summed E-state index contributed by atoms with van der Waals surface area (Å²) in [6, 6.07) is 0. The second-order valence-electron chi connectivity index (χ2n) is 27.5. The fourth-order valence-corrected chi connectivity index (χ4v) is 16.8. The highest BCUT2D eigenvalue weighted by atomic mass is 35.5. The van der Waals surface area contributed by atoms with E-state index in [0.717, 1.165) is 97.3 Å².